The molecule has 0 saturated heterocycles. The van der Waals surface area contributed by atoms with E-state index in [1.807, 2.05) is 0 Å². The average molecular weight is 258 g/mol. The Morgan fingerprint density at radius 2 is 1.63 bits per heavy atom. The second-order valence-corrected chi connectivity index (χ2v) is 4.05. The van der Waals surface area contributed by atoms with E-state index in [4.69, 9.17) is 5.11 Å². The molecule has 96 valence electrons. The number of carboxylic acids is 1. The number of carboxylic acid groups (broad SMARTS) is 1. The van der Waals surface area contributed by atoms with E-state index in [1.165, 1.54) is 12.1 Å². The maximum Gasteiger partial charge on any atom is 0.311 e. The van der Waals surface area contributed by atoms with Crippen molar-refractivity contribution in [2.75, 3.05) is 0 Å². The van der Waals surface area contributed by atoms with Crippen LogP contribution >= 0.6 is 0 Å². The van der Waals surface area contributed by atoms with Gasteiger partial charge >= 0.3 is 5.97 Å². The first-order chi connectivity index (χ1) is 9.08. The fraction of sp³-hybridized carbons (Fsp3) is 0.0667. The average Bonchev–Trinajstić information content (AvgIpc) is 2.39. The van der Waals surface area contributed by atoms with E-state index < -0.39 is 18.2 Å². The second kappa shape index (κ2) is 5.44. The molecule has 0 spiro atoms. The topological polar surface area (TPSA) is 54.4 Å². The zero-order valence-electron chi connectivity index (χ0n) is 9.97. The molecule has 19 heavy (non-hydrogen) atoms. The van der Waals surface area contributed by atoms with Crippen LogP contribution in [0.4, 0.5) is 4.39 Å². The van der Waals surface area contributed by atoms with Gasteiger partial charge in [-0.15, -0.1) is 0 Å². The number of carbonyl (C=O) groups is 2. The Balaban J connectivity index is 2.44. The van der Waals surface area contributed by atoms with Gasteiger partial charge in [0.1, 0.15) is 12.2 Å². The van der Waals surface area contributed by atoms with Crippen molar-refractivity contribution in [2.45, 2.75) is 6.42 Å². The summed E-state index contributed by atoms with van der Waals surface area (Å²) in [6.07, 6.45) is -0.557. The van der Waals surface area contributed by atoms with Crippen molar-refractivity contribution in [3.63, 3.8) is 0 Å². The van der Waals surface area contributed by atoms with Crippen LogP contribution < -0.4 is 0 Å². The van der Waals surface area contributed by atoms with Crippen molar-refractivity contribution in [3.05, 3.63) is 59.9 Å². The Hall–Kier alpha value is -2.49. The highest BCUT2D eigenvalue weighted by atomic mass is 19.1. The first-order valence-electron chi connectivity index (χ1n) is 5.68. The summed E-state index contributed by atoms with van der Waals surface area (Å²) in [5.41, 5.74) is 1.61. The first-order valence-corrected chi connectivity index (χ1v) is 5.68. The van der Waals surface area contributed by atoms with Crippen LogP contribution in [0.2, 0.25) is 0 Å². The lowest BCUT2D eigenvalue weighted by Crippen LogP contribution is -2.08. The lowest BCUT2D eigenvalue weighted by molar-refractivity contribution is -0.135. The second-order valence-electron chi connectivity index (χ2n) is 4.05. The molecule has 4 heteroatoms. The van der Waals surface area contributed by atoms with Crippen LogP contribution in [-0.4, -0.2) is 16.9 Å². The van der Waals surface area contributed by atoms with E-state index in [9.17, 15) is 14.0 Å². The molecule has 0 bridgehead atoms. The fourth-order valence-corrected chi connectivity index (χ4v) is 1.84. The van der Waals surface area contributed by atoms with Crippen molar-refractivity contribution in [1.82, 2.24) is 0 Å². The van der Waals surface area contributed by atoms with Crippen molar-refractivity contribution in [1.29, 1.82) is 0 Å². The number of hydrogen-bond donors (Lipinski definition) is 1. The standard InChI is InChI=1S/C15H11FO3/c16-11-7-5-10(6-8-11)12-3-1-2-4-13(12)14(17)9-15(18)19/h1-8H,9H2,(H,18,19). The number of hydrogen-bond acceptors (Lipinski definition) is 2. The summed E-state index contributed by atoms with van der Waals surface area (Å²) in [6.45, 7) is 0. The van der Waals surface area contributed by atoms with Crippen LogP contribution in [0.3, 0.4) is 0 Å². The predicted octanol–water partition coefficient (Wildman–Crippen LogP) is 3.15. The van der Waals surface area contributed by atoms with Gasteiger partial charge in [-0.05, 0) is 23.3 Å². The number of ketones is 1. The normalized spacial score (nSPS) is 10.2. The van der Waals surface area contributed by atoms with Gasteiger partial charge in [0.25, 0.3) is 0 Å². The Bertz CT molecular complexity index is 618. The van der Waals surface area contributed by atoms with Gasteiger partial charge in [-0.2, -0.15) is 0 Å². The summed E-state index contributed by atoms with van der Waals surface area (Å²) < 4.78 is 12.9. The highest BCUT2D eigenvalue weighted by molar-refractivity contribution is 6.09. The molecule has 0 radical (unpaired) electrons. The minimum atomic E-state index is -1.17. The van der Waals surface area contributed by atoms with Gasteiger partial charge < -0.3 is 5.11 Å². The maximum absolute atomic E-state index is 12.9. The quantitative estimate of drug-likeness (QED) is 0.677. The Morgan fingerprint density at radius 3 is 2.26 bits per heavy atom. The number of halogens is 1. The van der Waals surface area contributed by atoms with Crippen LogP contribution in [0.1, 0.15) is 16.8 Å². The van der Waals surface area contributed by atoms with Crippen LogP contribution in [0.25, 0.3) is 11.1 Å². The molecular formula is C15H11FO3. The maximum atomic E-state index is 12.9. The van der Waals surface area contributed by atoms with Gasteiger partial charge in [-0.1, -0.05) is 36.4 Å². The zero-order chi connectivity index (χ0) is 13.8. The van der Waals surface area contributed by atoms with Gasteiger partial charge in [-0.25, -0.2) is 4.39 Å². The molecule has 0 heterocycles. The SMILES string of the molecule is O=C(O)CC(=O)c1ccccc1-c1ccc(F)cc1. The molecule has 2 aromatic rings. The molecule has 0 aromatic heterocycles. The Labute approximate surface area is 109 Å². The van der Waals surface area contributed by atoms with E-state index in [-0.39, 0.29) is 5.82 Å². The lowest BCUT2D eigenvalue weighted by Gasteiger charge is -2.07. The molecule has 0 aliphatic carbocycles. The lowest BCUT2D eigenvalue weighted by atomic mass is 9.96. The van der Waals surface area contributed by atoms with E-state index in [1.54, 1.807) is 36.4 Å². The van der Waals surface area contributed by atoms with Crippen LogP contribution in [-0.2, 0) is 4.79 Å². The highest BCUT2D eigenvalue weighted by Crippen LogP contribution is 2.24. The monoisotopic (exact) mass is 258 g/mol. The zero-order valence-corrected chi connectivity index (χ0v) is 9.97. The minimum absolute atomic E-state index is 0.330. The molecular weight excluding hydrogens is 247 g/mol. The molecule has 2 rings (SSSR count). The predicted molar refractivity (Wildman–Crippen MR) is 68.4 cm³/mol. The first kappa shape index (κ1) is 13.0. The largest absolute Gasteiger partial charge is 0.481 e. The molecule has 1 N–H and O–H groups in total. The molecule has 0 aliphatic rings. The van der Waals surface area contributed by atoms with Crippen molar-refractivity contribution >= 4 is 11.8 Å². The summed E-state index contributed by atoms with van der Waals surface area (Å²) in [6, 6.07) is 12.4. The summed E-state index contributed by atoms with van der Waals surface area (Å²) in [7, 11) is 0. The smallest absolute Gasteiger partial charge is 0.311 e. The fourth-order valence-electron chi connectivity index (χ4n) is 1.84. The Kier molecular flexibility index (Phi) is 3.71. The molecule has 0 atom stereocenters. The van der Waals surface area contributed by atoms with Gasteiger partial charge in [-0.3, -0.25) is 9.59 Å². The van der Waals surface area contributed by atoms with Gasteiger partial charge in [0.05, 0.1) is 0 Å². The van der Waals surface area contributed by atoms with Crippen molar-refractivity contribution in [3.8, 4) is 11.1 Å². The van der Waals surface area contributed by atoms with Crippen LogP contribution in [0, 0.1) is 5.82 Å². The molecule has 0 aliphatic heterocycles. The molecule has 0 unspecified atom stereocenters. The molecule has 0 saturated carbocycles. The third-order valence-corrected chi connectivity index (χ3v) is 2.69. The summed E-state index contributed by atoms with van der Waals surface area (Å²) in [4.78, 5) is 22.5. The third-order valence-electron chi connectivity index (χ3n) is 2.69. The Morgan fingerprint density at radius 1 is 1.00 bits per heavy atom. The van der Waals surface area contributed by atoms with Crippen LogP contribution in [0.15, 0.2) is 48.5 Å². The third kappa shape index (κ3) is 3.04. The van der Waals surface area contributed by atoms with Crippen LogP contribution in [0.5, 0.6) is 0 Å². The van der Waals surface area contributed by atoms with E-state index in [0.717, 1.165) is 0 Å². The van der Waals surface area contributed by atoms with E-state index >= 15 is 0 Å². The minimum Gasteiger partial charge on any atom is -0.481 e. The van der Waals surface area contributed by atoms with Gasteiger partial charge in [0.15, 0.2) is 5.78 Å². The summed E-state index contributed by atoms with van der Waals surface area (Å²) in [5, 5.41) is 8.67. The number of carbonyl (C=O) groups excluding carboxylic acids is 1. The van der Waals surface area contributed by atoms with Crippen molar-refractivity contribution in [2.24, 2.45) is 0 Å². The molecule has 0 fully saturated rings. The molecule has 3 nitrogen and oxygen atoms in total. The molecule has 2 aromatic carbocycles. The number of benzene rings is 2. The summed E-state index contributed by atoms with van der Waals surface area (Å²) >= 11 is 0. The van der Waals surface area contributed by atoms with Crippen molar-refractivity contribution < 1.29 is 19.1 Å². The number of aliphatic carboxylic acids is 1. The van der Waals surface area contributed by atoms with Gasteiger partial charge in [0, 0.05) is 5.56 Å². The number of rotatable bonds is 4. The number of Topliss-reactive ketones (excluding diaryl/α,β-unsaturated/α-hetero) is 1. The van der Waals surface area contributed by atoms with Gasteiger partial charge in [0.2, 0.25) is 0 Å². The van der Waals surface area contributed by atoms with E-state index in [2.05, 4.69) is 0 Å². The van der Waals surface area contributed by atoms with E-state index in [0.29, 0.717) is 16.7 Å². The highest BCUT2D eigenvalue weighted by Gasteiger charge is 2.15. The molecule has 0 amide bonds. The summed E-state index contributed by atoms with van der Waals surface area (Å²) in [5.74, 6) is -2.00.